The first-order chi connectivity index (χ1) is 4.84. The van der Waals surface area contributed by atoms with Crippen LogP contribution in [-0.2, 0) is 9.53 Å². The Bertz CT molecular complexity index is 119. The van der Waals surface area contributed by atoms with Gasteiger partial charge >= 0.3 is 0 Å². The maximum atomic E-state index is 11.0. The van der Waals surface area contributed by atoms with Crippen LogP contribution in [0.1, 0.15) is 12.8 Å². The maximum absolute atomic E-state index is 11.0. The highest BCUT2D eigenvalue weighted by Crippen LogP contribution is 2.06. The highest BCUT2D eigenvalue weighted by molar-refractivity contribution is 5.77. The standard InChI is InChI=1S/C7H13NO2/c1-10-6-7(9)8-4-2-3-5-8/h2-6H2,1H3. The van der Waals surface area contributed by atoms with Crippen LogP contribution in [-0.4, -0.2) is 37.6 Å². The molecule has 0 aromatic heterocycles. The third kappa shape index (κ3) is 1.70. The van der Waals surface area contributed by atoms with Crippen molar-refractivity contribution in [3.05, 3.63) is 0 Å². The van der Waals surface area contributed by atoms with Crippen LogP contribution in [0, 0.1) is 0 Å². The van der Waals surface area contributed by atoms with E-state index in [4.69, 9.17) is 4.74 Å². The Morgan fingerprint density at radius 3 is 2.60 bits per heavy atom. The van der Waals surface area contributed by atoms with Crippen molar-refractivity contribution >= 4 is 5.91 Å². The van der Waals surface area contributed by atoms with E-state index in [9.17, 15) is 4.79 Å². The van der Waals surface area contributed by atoms with Gasteiger partial charge in [0.25, 0.3) is 0 Å². The zero-order valence-electron chi connectivity index (χ0n) is 6.30. The van der Waals surface area contributed by atoms with Gasteiger partial charge in [-0.05, 0) is 12.8 Å². The number of nitrogens with zero attached hydrogens (tertiary/aromatic N) is 1. The molecule has 58 valence electrons. The summed E-state index contributed by atoms with van der Waals surface area (Å²) in [5.74, 6) is 0.125. The van der Waals surface area contributed by atoms with E-state index >= 15 is 0 Å². The van der Waals surface area contributed by atoms with Gasteiger partial charge in [-0.1, -0.05) is 0 Å². The number of amides is 1. The van der Waals surface area contributed by atoms with Gasteiger partial charge in [0, 0.05) is 20.2 Å². The maximum Gasteiger partial charge on any atom is 0.248 e. The summed E-state index contributed by atoms with van der Waals surface area (Å²) >= 11 is 0. The first kappa shape index (κ1) is 7.54. The van der Waals surface area contributed by atoms with Gasteiger partial charge in [-0.15, -0.1) is 0 Å². The van der Waals surface area contributed by atoms with Crippen molar-refractivity contribution in [2.75, 3.05) is 26.8 Å². The van der Waals surface area contributed by atoms with Crippen LogP contribution in [0.15, 0.2) is 0 Å². The summed E-state index contributed by atoms with van der Waals surface area (Å²) < 4.78 is 4.72. The average Bonchev–Trinajstić information content (AvgIpc) is 2.38. The molecule has 1 aliphatic rings. The molecule has 0 atom stereocenters. The highest BCUT2D eigenvalue weighted by Gasteiger charge is 2.16. The Labute approximate surface area is 61.0 Å². The van der Waals surface area contributed by atoms with Crippen LogP contribution in [0.4, 0.5) is 0 Å². The van der Waals surface area contributed by atoms with Crippen LogP contribution in [0.3, 0.4) is 0 Å². The van der Waals surface area contributed by atoms with Crippen LogP contribution >= 0.6 is 0 Å². The predicted molar refractivity (Wildman–Crippen MR) is 37.7 cm³/mol. The van der Waals surface area contributed by atoms with E-state index in [1.807, 2.05) is 4.90 Å². The summed E-state index contributed by atoms with van der Waals surface area (Å²) in [5.41, 5.74) is 0. The fourth-order valence-electron chi connectivity index (χ4n) is 1.18. The van der Waals surface area contributed by atoms with E-state index in [2.05, 4.69) is 0 Å². The van der Waals surface area contributed by atoms with Crippen molar-refractivity contribution in [3.8, 4) is 0 Å². The molecule has 1 saturated heterocycles. The molecule has 0 unspecified atom stereocenters. The monoisotopic (exact) mass is 143 g/mol. The molecule has 0 spiro atoms. The molecule has 3 heteroatoms. The number of ether oxygens (including phenoxy) is 1. The zero-order chi connectivity index (χ0) is 7.40. The van der Waals surface area contributed by atoms with Gasteiger partial charge in [-0.25, -0.2) is 0 Å². The molecular formula is C7H13NO2. The van der Waals surface area contributed by atoms with E-state index in [-0.39, 0.29) is 12.5 Å². The van der Waals surface area contributed by atoms with Gasteiger partial charge in [-0.3, -0.25) is 4.79 Å². The number of hydrogen-bond acceptors (Lipinski definition) is 2. The van der Waals surface area contributed by atoms with Gasteiger partial charge < -0.3 is 9.64 Å². The first-order valence-electron chi connectivity index (χ1n) is 3.61. The van der Waals surface area contributed by atoms with Gasteiger partial charge in [-0.2, -0.15) is 0 Å². The number of carbonyl (C=O) groups excluding carboxylic acids is 1. The number of hydrogen-bond donors (Lipinski definition) is 0. The minimum Gasteiger partial charge on any atom is -0.375 e. The summed E-state index contributed by atoms with van der Waals surface area (Å²) in [6, 6.07) is 0. The number of likely N-dealkylation sites (tertiary alicyclic amines) is 1. The Morgan fingerprint density at radius 2 is 2.10 bits per heavy atom. The van der Waals surface area contributed by atoms with Crippen molar-refractivity contribution in [2.24, 2.45) is 0 Å². The molecule has 1 fully saturated rings. The fraction of sp³-hybridized carbons (Fsp3) is 0.857. The zero-order valence-corrected chi connectivity index (χ0v) is 6.30. The van der Waals surface area contributed by atoms with Gasteiger partial charge in [0.05, 0.1) is 0 Å². The van der Waals surface area contributed by atoms with E-state index in [0.717, 1.165) is 25.9 Å². The Morgan fingerprint density at radius 1 is 1.50 bits per heavy atom. The second-order valence-corrected chi connectivity index (χ2v) is 2.52. The largest absolute Gasteiger partial charge is 0.375 e. The Hall–Kier alpha value is -0.570. The highest BCUT2D eigenvalue weighted by atomic mass is 16.5. The van der Waals surface area contributed by atoms with Crippen LogP contribution < -0.4 is 0 Å². The molecule has 1 rings (SSSR count). The number of rotatable bonds is 2. The minimum atomic E-state index is 0.125. The van der Waals surface area contributed by atoms with E-state index in [1.165, 1.54) is 0 Å². The summed E-state index contributed by atoms with van der Waals surface area (Å²) in [7, 11) is 1.55. The van der Waals surface area contributed by atoms with Crippen LogP contribution in [0.25, 0.3) is 0 Å². The molecule has 0 aromatic rings. The summed E-state index contributed by atoms with van der Waals surface area (Å²) in [4.78, 5) is 12.9. The molecule has 0 saturated carbocycles. The van der Waals surface area contributed by atoms with E-state index < -0.39 is 0 Å². The summed E-state index contributed by atoms with van der Waals surface area (Å²) in [5, 5.41) is 0. The van der Waals surface area contributed by atoms with Gasteiger partial charge in [0.2, 0.25) is 5.91 Å². The van der Waals surface area contributed by atoms with Crippen molar-refractivity contribution in [3.63, 3.8) is 0 Å². The lowest BCUT2D eigenvalue weighted by Gasteiger charge is -2.13. The molecule has 1 amide bonds. The average molecular weight is 143 g/mol. The summed E-state index contributed by atoms with van der Waals surface area (Å²) in [6.45, 7) is 2.07. The molecule has 1 aliphatic heterocycles. The Balaban J connectivity index is 2.25. The molecule has 0 radical (unpaired) electrons. The quantitative estimate of drug-likeness (QED) is 0.554. The van der Waals surface area contributed by atoms with Crippen molar-refractivity contribution in [2.45, 2.75) is 12.8 Å². The van der Waals surface area contributed by atoms with Crippen LogP contribution in [0.2, 0.25) is 0 Å². The van der Waals surface area contributed by atoms with E-state index in [1.54, 1.807) is 7.11 Å². The lowest BCUT2D eigenvalue weighted by molar-refractivity contribution is -0.134. The Kier molecular flexibility index (Phi) is 2.68. The molecule has 10 heavy (non-hydrogen) atoms. The predicted octanol–water partition coefficient (Wildman–Crippen LogP) is 0.255. The van der Waals surface area contributed by atoms with Crippen molar-refractivity contribution in [1.29, 1.82) is 0 Å². The first-order valence-corrected chi connectivity index (χ1v) is 3.61. The second kappa shape index (κ2) is 3.56. The van der Waals surface area contributed by atoms with E-state index in [0.29, 0.717) is 0 Å². The van der Waals surface area contributed by atoms with Crippen molar-refractivity contribution in [1.82, 2.24) is 4.90 Å². The fourth-order valence-corrected chi connectivity index (χ4v) is 1.18. The minimum absolute atomic E-state index is 0.125. The molecule has 1 heterocycles. The molecule has 0 bridgehead atoms. The third-order valence-corrected chi connectivity index (χ3v) is 1.73. The molecule has 0 aliphatic carbocycles. The number of carbonyl (C=O) groups is 1. The van der Waals surface area contributed by atoms with Gasteiger partial charge in [0.15, 0.2) is 0 Å². The normalized spacial score (nSPS) is 17.9. The molecule has 0 aromatic carbocycles. The summed E-state index contributed by atoms with van der Waals surface area (Å²) in [6.07, 6.45) is 2.30. The topological polar surface area (TPSA) is 29.5 Å². The second-order valence-electron chi connectivity index (χ2n) is 2.52. The SMILES string of the molecule is COCC(=O)N1CCCC1. The lowest BCUT2D eigenvalue weighted by atomic mass is 10.4. The molecule has 0 N–H and O–H groups in total. The smallest absolute Gasteiger partial charge is 0.248 e. The van der Waals surface area contributed by atoms with Gasteiger partial charge in [0.1, 0.15) is 6.61 Å². The van der Waals surface area contributed by atoms with Crippen LogP contribution in [0.5, 0.6) is 0 Å². The molecular weight excluding hydrogens is 130 g/mol. The number of methoxy groups -OCH3 is 1. The lowest BCUT2D eigenvalue weighted by Crippen LogP contribution is -2.30. The van der Waals surface area contributed by atoms with Crippen molar-refractivity contribution < 1.29 is 9.53 Å². The molecule has 3 nitrogen and oxygen atoms in total. The third-order valence-electron chi connectivity index (χ3n) is 1.73.